The topological polar surface area (TPSA) is 77.4 Å². The molecule has 0 atom stereocenters. The van der Waals surface area contributed by atoms with Gasteiger partial charge < -0.3 is 19.3 Å². The fraction of sp³-hybridized carbons (Fsp3) is 0.529. The Hall–Kier alpha value is -0.0900. The van der Waals surface area contributed by atoms with E-state index < -0.39 is 8.38 Å². The third kappa shape index (κ3) is 5.70. The predicted octanol–water partition coefficient (Wildman–Crippen LogP) is 4.21. The van der Waals surface area contributed by atoms with Crippen LogP contribution < -0.4 is 9.47 Å². The lowest BCUT2D eigenvalue weighted by molar-refractivity contribution is -0.322. The Morgan fingerprint density at radius 1 is 1.27 bits per heavy atom. The van der Waals surface area contributed by atoms with Gasteiger partial charge in [-0.1, -0.05) is 20.6 Å². The zero-order valence-electron chi connectivity index (χ0n) is 15.1. The molecular formula is C17H24IO6PS. The van der Waals surface area contributed by atoms with E-state index in [1.807, 2.05) is 19.9 Å². The standard InChI is InChI=1S/C17H24IO6PS/c1-11(10-25(19)20)4-5-13-16(21-3)12(2)14-8-23-24-9-15(14)17(13)22-6-7-26-18/h4,19-20H,5-10H2,1-3H3/b11-4+. The molecule has 0 aliphatic carbocycles. The summed E-state index contributed by atoms with van der Waals surface area (Å²) >= 11 is 2.25. The van der Waals surface area contributed by atoms with E-state index in [0.29, 0.717) is 26.2 Å². The molecule has 0 saturated carbocycles. The third-order valence-electron chi connectivity index (χ3n) is 4.13. The quantitative estimate of drug-likeness (QED) is 0.168. The van der Waals surface area contributed by atoms with Gasteiger partial charge in [0, 0.05) is 23.0 Å². The van der Waals surface area contributed by atoms with Crippen molar-refractivity contribution in [1.82, 2.24) is 0 Å². The van der Waals surface area contributed by atoms with Crippen LogP contribution in [0.2, 0.25) is 0 Å². The van der Waals surface area contributed by atoms with E-state index in [-0.39, 0.29) is 6.16 Å². The summed E-state index contributed by atoms with van der Waals surface area (Å²) in [6, 6.07) is 0. The van der Waals surface area contributed by atoms with E-state index in [0.717, 1.165) is 45.1 Å². The number of ether oxygens (including phenoxy) is 2. The maximum atomic E-state index is 9.22. The Labute approximate surface area is 171 Å². The van der Waals surface area contributed by atoms with Crippen LogP contribution in [0.1, 0.15) is 29.2 Å². The van der Waals surface area contributed by atoms with E-state index in [1.54, 1.807) is 16.0 Å². The van der Waals surface area contributed by atoms with Gasteiger partial charge >= 0.3 is 0 Å². The molecular weight excluding hydrogens is 490 g/mol. The first kappa shape index (κ1) is 22.2. The summed E-state index contributed by atoms with van der Waals surface area (Å²) in [5.41, 5.74) is 4.94. The van der Waals surface area contributed by atoms with Gasteiger partial charge in [-0.15, -0.1) is 0 Å². The van der Waals surface area contributed by atoms with Gasteiger partial charge in [0.2, 0.25) is 0 Å². The lowest BCUT2D eigenvalue weighted by Gasteiger charge is -2.26. The Balaban J connectivity index is 2.46. The van der Waals surface area contributed by atoms with Crippen LogP contribution in [0, 0.1) is 6.92 Å². The summed E-state index contributed by atoms with van der Waals surface area (Å²) in [7, 11) is 1.41. The second-order valence-corrected chi connectivity index (χ2v) is 9.45. The minimum atomic E-state index is -1.94. The summed E-state index contributed by atoms with van der Waals surface area (Å²) in [5, 5.41) is 0. The van der Waals surface area contributed by atoms with Crippen molar-refractivity contribution in [3.8, 4) is 11.5 Å². The average Bonchev–Trinajstić information content (AvgIpc) is 2.61. The van der Waals surface area contributed by atoms with Crippen molar-refractivity contribution in [1.29, 1.82) is 0 Å². The number of rotatable bonds is 9. The lowest BCUT2D eigenvalue weighted by atomic mass is 9.93. The second-order valence-electron chi connectivity index (χ2n) is 5.89. The molecule has 6 nitrogen and oxygen atoms in total. The van der Waals surface area contributed by atoms with Gasteiger partial charge in [0.1, 0.15) is 24.7 Å². The molecule has 26 heavy (non-hydrogen) atoms. The van der Waals surface area contributed by atoms with Crippen LogP contribution in [-0.2, 0) is 29.4 Å². The van der Waals surface area contributed by atoms with Crippen LogP contribution >= 0.6 is 38.5 Å². The van der Waals surface area contributed by atoms with Crippen molar-refractivity contribution in [2.75, 3.05) is 25.6 Å². The summed E-state index contributed by atoms with van der Waals surface area (Å²) in [6.07, 6.45) is 2.85. The Bertz CT molecular complexity index is 653. The van der Waals surface area contributed by atoms with Crippen molar-refractivity contribution >= 4 is 38.5 Å². The highest BCUT2D eigenvalue weighted by Crippen LogP contribution is 2.42. The molecule has 9 heteroatoms. The van der Waals surface area contributed by atoms with Crippen molar-refractivity contribution in [2.24, 2.45) is 0 Å². The molecule has 0 saturated heterocycles. The molecule has 0 fully saturated rings. The molecule has 1 heterocycles. The van der Waals surface area contributed by atoms with E-state index >= 15 is 0 Å². The second kappa shape index (κ2) is 11.0. The summed E-state index contributed by atoms with van der Waals surface area (Å²) in [6.45, 7) is 5.19. The van der Waals surface area contributed by atoms with Crippen LogP contribution in [0.15, 0.2) is 11.6 Å². The van der Waals surface area contributed by atoms with Gasteiger partial charge in [0.15, 0.2) is 8.38 Å². The van der Waals surface area contributed by atoms with Crippen LogP contribution in [0.25, 0.3) is 0 Å². The molecule has 2 N–H and O–H groups in total. The van der Waals surface area contributed by atoms with E-state index in [2.05, 4.69) is 21.2 Å². The Morgan fingerprint density at radius 3 is 2.58 bits per heavy atom. The van der Waals surface area contributed by atoms with Crippen molar-refractivity contribution in [3.63, 3.8) is 0 Å². The molecule has 1 aliphatic rings. The van der Waals surface area contributed by atoms with E-state index in [1.165, 1.54) is 0 Å². The molecule has 2 rings (SSSR count). The summed E-state index contributed by atoms with van der Waals surface area (Å²) in [5.74, 6) is 2.44. The maximum absolute atomic E-state index is 9.22. The van der Waals surface area contributed by atoms with Gasteiger partial charge in [-0.05, 0) is 52.6 Å². The average molecular weight is 514 g/mol. The van der Waals surface area contributed by atoms with E-state index in [4.69, 9.17) is 19.2 Å². The molecule has 0 spiro atoms. The highest BCUT2D eigenvalue weighted by Gasteiger charge is 2.26. The Kier molecular flexibility index (Phi) is 9.43. The lowest BCUT2D eigenvalue weighted by Crippen LogP contribution is -2.16. The first-order valence-corrected chi connectivity index (χ1v) is 13.1. The molecule has 0 amide bonds. The zero-order chi connectivity index (χ0) is 19.1. The monoisotopic (exact) mass is 514 g/mol. The van der Waals surface area contributed by atoms with Crippen molar-refractivity contribution in [3.05, 3.63) is 33.9 Å². The van der Waals surface area contributed by atoms with Gasteiger partial charge in [-0.2, -0.15) is 0 Å². The summed E-state index contributed by atoms with van der Waals surface area (Å²) < 4.78 is 11.8. The SMILES string of the molecule is COc1c(C)c2c(c(OCCSI)c1C/C=C(\C)CP(O)O)COOC2. The fourth-order valence-electron chi connectivity index (χ4n) is 2.94. The number of hydrogen-bond donors (Lipinski definition) is 2. The van der Waals surface area contributed by atoms with Gasteiger partial charge in [-0.3, -0.25) is 0 Å². The largest absolute Gasteiger partial charge is 0.496 e. The number of benzene rings is 1. The number of allylic oxidation sites excluding steroid dienone is 2. The highest BCUT2D eigenvalue weighted by atomic mass is 127. The minimum Gasteiger partial charge on any atom is -0.496 e. The Morgan fingerprint density at radius 2 is 1.96 bits per heavy atom. The van der Waals surface area contributed by atoms with Crippen LogP contribution in [-0.4, -0.2) is 35.4 Å². The fourth-order valence-corrected chi connectivity index (χ4v) is 4.20. The number of hydrogen-bond acceptors (Lipinski definition) is 7. The molecule has 0 radical (unpaired) electrons. The molecule has 1 aliphatic heterocycles. The highest BCUT2D eigenvalue weighted by molar-refractivity contribution is 14.2. The molecule has 146 valence electrons. The molecule has 1 aromatic carbocycles. The van der Waals surface area contributed by atoms with Gasteiger partial charge in [0.25, 0.3) is 0 Å². The van der Waals surface area contributed by atoms with Crippen LogP contribution in [0.4, 0.5) is 0 Å². The number of fused-ring (bicyclic) bond motifs is 1. The van der Waals surface area contributed by atoms with E-state index in [9.17, 15) is 9.79 Å². The molecule has 1 aromatic rings. The van der Waals surface area contributed by atoms with Crippen molar-refractivity contribution in [2.45, 2.75) is 33.5 Å². The minimum absolute atomic E-state index is 0.278. The smallest absolute Gasteiger partial charge is 0.169 e. The molecule has 0 bridgehead atoms. The number of methoxy groups -OCH3 is 1. The first-order valence-electron chi connectivity index (χ1n) is 8.12. The van der Waals surface area contributed by atoms with Crippen LogP contribution in [0.5, 0.6) is 11.5 Å². The first-order chi connectivity index (χ1) is 12.5. The predicted molar refractivity (Wildman–Crippen MR) is 113 cm³/mol. The third-order valence-corrected chi connectivity index (χ3v) is 6.55. The van der Waals surface area contributed by atoms with Gasteiger partial charge in [0.05, 0.1) is 13.7 Å². The normalized spacial score (nSPS) is 14.5. The van der Waals surface area contributed by atoms with Crippen molar-refractivity contribution < 1.29 is 29.0 Å². The zero-order valence-corrected chi connectivity index (χ0v) is 18.9. The van der Waals surface area contributed by atoms with Gasteiger partial charge in [-0.25, -0.2) is 9.78 Å². The number of halogens is 1. The van der Waals surface area contributed by atoms with Crippen LogP contribution in [0.3, 0.4) is 0 Å². The summed E-state index contributed by atoms with van der Waals surface area (Å²) in [4.78, 5) is 28.8. The molecule has 0 unspecified atom stereocenters. The maximum Gasteiger partial charge on any atom is 0.169 e. The molecule has 0 aromatic heterocycles.